The zero-order chi connectivity index (χ0) is 18.9. The number of carbonyl (C=O) groups excluding carboxylic acids is 1. The number of benzene rings is 2. The molecule has 0 aliphatic carbocycles. The maximum absolute atomic E-state index is 12.4. The van der Waals surface area contributed by atoms with Crippen LogP contribution in [0.3, 0.4) is 0 Å². The van der Waals surface area contributed by atoms with Crippen LogP contribution in [-0.2, 0) is 16.0 Å². The Kier molecular flexibility index (Phi) is 7.25. The predicted molar refractivity (Wildman–Crippen MR) is 106 cm³/mol. The van der Waals surface area contributed by atoms with E-state index >= 15 is 0 Å². The van der Waals surface area contributed by atoms with Crippen LogP contribution in [-0.4, -0.2) is 50.8 Å². The number of morpholine rings is 1. The minimum Gasteiger partial charge on any atom is -0.497 e. The summed E-state index contributed by atoms with van der Waals surface area (Å²) in [5.74, 6) is 0.928. The zero-order valence-electron chi connectivity index (χ0n) is 15.9. The fourth-order valence-electron chi connectivity index (χ4n) is 3.37. The second-order valence-corrected chi connectivity index (χ2v) is 6.73. The maximum atomic E-state index is 12.4. The molecule has 1 fully saturated rings. The number of nitrogens with one attached hydrogen (secondary N) is 1. The highest BCUT2D eigenvalue weighted by atomic mass is 16.5. The first-order valence-corrected chi connectivity index (χ1v) is 9.52. The molecule has 144 valence electrons. The van der Waals surface area contributed by atoms with Crippen molar-refractivity contribution in [2.24, 2.45) is 0 Å². The zero-order valence-corrected chi connectivity index (χ0v) is 15.9. The van der Waals surface area contributed by atoms with Crippen LogP contribution in [0.4, 0.5) is 0 Å². The second kappa shape index (κ2) is 10.1. The third-order valence-corrected chi connectivity index (χ3v) is 4.96. The Morgan fingerprint density at radius 2 is 1.81 bits per heavy atom. The standard InChI is InChI=1S/C22H28N2O3/c1-26-20-10-8-19(9-11-20)21(24-13-15-27-16-14-24)17-23-22(25)12-7-18-5-3-2-4-6-18/h2-6,8-11,21H,7,12-17H2,1H3,(H,23,25)/t21-/m1/s1. The molecule has 0 saturated carbocycles. The fourth-order valence-corrected chi connectivity index (χ4v) is 3.37. The van der Waals surface area contributed by atoms with Gasteiger partial charge < -0.3 is 14.8 Å². The van der Waals surface area contributed by atoms with Crippen LogP contribution in [0.15, 0.2) is 54.6 Å². The van der Waals surface area contributed by atoms with E-state index in [1.807, 2.05) is 30.3 Å². The molecule has 1 amide bonds. The van der Waals surface area contributed by atoms with Crippen molar-refractivity contribution in [1.82, 2.24) is 10.2 Å². The van der Waals surface area contributed by atoms with Gasteiger partial charge in [-0.05, 0) is 29.7 Å². The van der Waals surface area contributed by atoms with Crippen molar-refractivity contribution in [2.45, 2.75) is 18.9 Å². The molecule has 0 spiro atoms. The Hall–Kier alpha value is -2.37. The van der Waals surface area contributed by atoms with E-state index in [1.54, 1.807) is 7.11 Å². The normalized spacial score (nSPS) is 15.9. The van der Waals surface area contributed by atoms with E-state index in [9.17, 15) is 4.79 Å². The summed E-state index contributed by atoms with van der Waals surface area (Å²) in [6.07, 6.45) is 1.26. The van der Waals surface area contributed by atoms with Gasteiger partial charge in [0.1, 0.15) is 5.75 Å². The first-order valence-electron chi connectivity index (χ1n) is 9.52. The Morgan fingerprint density at radius 1 is 1.11 bits per heavy atom. The fraction of sp³-hybridized carbons (Fsp3) is 0.409. The van der Waals surface area contributed by atoms with Crippen LogP contribution in [0.1, 0.15) is 23.6 Å². The molecule has 2 aromatic rings. The van der Waals surface area contributed by atoms with E-state index in [4.69, 9.17) is 9.47 Å². The summed E-state index contributed by atoms with van der Waals surface area (Å²) in [6.45, 7) is 3.80. The smallest absolute Gasteiger partial charge is 0.220 e. The highest BCUT2D eigenvalue weighted by molar-refractivity contribution is 5.76. The molecular weight excluding hydrogens is 340 g/mol. The van der Waals surface area contributed by atoms with Gasteiger partial charge in [-0.15, -0.1) is 0 Å². The number of methoxy groups -OCH3 is 1. The van der Waals surface area contributed by atoms with Crippen molar-refractivity contribution in [3.8, 4) is 5.75 Å². The summed E-state index contributed by atoms with van der Waals surface area (Å²) in [7, 11) is 1.67. The first-order chi connectivity index (χ1) is 13.3. The van der Waals surface area contributed by atoms with Crippen LogP contribution in [0.25, 0.3) is 0 Å². The first kappa shape index (κ1) is 19.4. The summed E-state index contributed by atoms with van der Waals surface area (Å²) < 4.78 is 10.7. The monoisotopic (exact) mass is 368 g/mol. The Morgan fingerprint density at radius 3 is 2.48 bits per heavy atom. The van der Waals surface area contributed by atoms with Crippen LogP contribution >= 0.6 is 0 Å². The van der Waals surface area contributed by atoms with E-state index < -0.39 is 0 Å². The molecule has 3 rings (SSSR count). The van der Waals surface area contributed by atoms with E-state index in [2.05, 4.69) is 34.5 Å². The third-order valence-electron chi connectivity index (χ3n) is 4.96. The average molecular weight is 368 g/mol. The molecule has 27 heavy (non-hydrogen) atoms. The SMILES string of the molecule is COc1ccc([C@@H](CNC(=O)CCc2ccccc2)N2CCOCC2)cc1. The maximum Gasteiger partial charge on any atom is 0.220 e. The highest BCUT2D eigenvalue weighted by Crippen LogP contribution is 2.23. The molecule has 1 atom stereocenters. The van der Waals surface area contributed by atoms with E-state index in [-0.39, 0.29) is 11.9 Å². The van der Waals surface area contributed by atoms with Crippen LogP contribution in [0, 0.1) is 0 Å². The summed E-state index contributed by atoms with van der Waals surface area (Å²) >= 11 is 0. The lowest BCUT2D eigenvalue weighted by molar-refractivity contribution is -0.121. The summed E-state index contributed by atoms with van der Waals surface area (Å²) in [4.78, 5) is 14.7. The van der Waals surface area contributed by atoms with Crippen LogP contribution in [0.2, 0.25) is 0 Å². The highest BCUT2D eigenvalue weighted by Gasteiger charge is 2.23. The molecule has 1 N–H and O–H groups in total. The molecule has 1 heterocycles. The van der Waals surface area contributed by atoms with Gasteiger partial charge in [-0.1, -0.05) is 42.5 Å². The Balaban J connectivity index is 1.59. The third kappa shape index (κ3) is 5.81. The largest absolute Gasteiger partial charge is 0.497 e. The van der Waals surface area contributed by atoms with Gasteiger partial charge in [-0.3, -0.25) is 9.69 Å². The van der Waals surface area contributed by atoms with Crippen molar-refractivity contribution in [3.05, 3.63) is 65.7 Å². The molecule has 5 nitrogen and oxygen atoms in total. The molecule has 2 aromatic carbocycles. The van der Waals surface area contributed by atoms with Gasteiger partial charge in [0, 0.05) is 26.1 Å². The van der Waals surface area contributed by atoms with Gasteiger partial charge in [-0.25, -0.2) is 0 Å². The minimum atomic E-state index is 0.0885. The molecule has 5 heteroatoms. The molecule has 0 aromatic heterocycles. The molecule has 1 saturated heterocycles. The predicted octanol–water partition coefficient (Wildman–Crippen LogP) is 2.82. The lowest BCUT2D eigenvalue weighted by atomic mass is 10.0. The molecule has 1 aliphatic rings. The van der Waals surface area contributed by atoms with E-state index in [1.165, 1.54) is 11.1 Å². The lowest BCUT2D eigenvalue weighted by Gasteiger charge is -2.35. The molecular formula is C22H28N2O3. The van der Waals surface area contributed by atoms with Crippen molar-refractivity contribution in [1.29, 1.82) is 0 Å². The van der Waals surface area contributed by atoms with Gasteiger partial charge in [-0.2, -0.15) is 0 Å². The van der Waals surface area contributed by atoms with E-state index in [0.29, 0.717) is 13.0 Å². The molecule has 0 radical (unpaired) electrons. The number of ether oxygens (including phenoxy) is 2. The van der Waals surface area contributed by atoms with Crippen molar-refractivity contribution in [3.63, 3.8) is 0 Å². The van der Waals surface area contributed by atoms with E-state index in [0.717, 1.165) is 38.5 Å². The Labute approximate surface area is 161 Å². The number of carbonyl (C=O) groups is 1. The quantitative estimate of drug-likeness (QED) is 0.778. The second-order valence-electron chi connectivity index (χ2n) is 6.73. The summed E-state index contributed by atoms with van der Waals surface area (Å²) in [5, 5.41) is 3.12. The number of hydrogen-bond donors (Lipinski definition) is 1. The lowest BCUT2D eigenvalue weighted by Crippen LogP contribution is -2.43. The molecule has 0 bridgehead atoms. The van der Waals surface area contributed by atoms with Crippen LogP contribution in [0.5, 0.6) is 5.75 Å². The number of aryl methyl sites for hydroxylation is 1. The van der Waals surface area contributed by atoms with Gasteiger partial charge in [0.25, 0.3) is 0 Å². The van der Waals surface area contributed by atoms with Crippen LogP contribution < -0.4 is 10.1 Å². The number of amides is 1. The van der Waals surface area contributed by atoms with Crippen molar-refractivity contribution < 1.29 is 14.3 Å². The molecule has 0 unspecified atom stereocenters. The average Bonchev–Trinajstić information content (AvgIpc) is 2.74. The van der Waals surface area contributed by atoms with Gasteiger partial charge in [0.15, 0.2) is 0 Å². The number of hydrogen-bond acceptors (Lipinski definition) is 4. The Bertz CT molecular complexity index is 697. The minimum absolute atomic E-state index is 0.0885. The molecule has 1 aliphatic heterocycles. The van der Waals surface area contributed by atoms with Crippen molar-refractivity contribution >= 4 is 5.91 Å². The summed E-state index contributed by atoms with van der Waals surface area (Å²) in [5.41, 5.74) is 2.37. The van der Waals surface area contributed by atoms with Gasteiger partial charge in [0.2, 0.25) is 5.91 Å². The van der Waals surface area contributed by atoms with Crippen molar-refractivity contribution in [2.75, 3.05) is 40.0 Å². The topological polar surface area (TPSA) is 50.8 Å². The van der Waals surface area contributed by atoms with Gasteiger partial charge in [0.05, 0.1) is 26.4 Å². The number of nitrogens with zero attached hydrogens (tertiary/aromatic N) is 1. The summed E-state index contributed by atoms with van der Waals surface area (Å²) in [6, 6.07) is 18.4. The number of rotatable bonds is 8. The van der Waals surface area contributed by atoms with Gasteiger partial charge >= 0.3 is 0 Å².